The smallest absolute Gasteiger partial charge is 0.263 e. The molecule has 0 saturated carbocycles. The van der Waals surface area contributed by atoms with Gasteiger partial charge in [0.25, 0.3) is 5.91 Å². The fourth-order valence-corrected chi connectivity index (χ4v) is 4.48. The largest absolute Gasteiger partial charge is 0.347 e. The molecule has 1 amide bonds. The third kappa shape index (κ3) is 4.73. The Morgan fingerprint density at radius 2 is 1.81 bits per heavy atom. The Balaban J connectivity index is 1.49. The van der Waals surface area contributed by atoms with Crippen molar-refractivity contribution in [2.45, 2.75) is 20.0 Å². The van der Waals surface area contributed by atoms with Crippen molar-refractivity contribution >= 4 is 28.3 Å². The minimum absolute atomic E-state index is 0.149. The van der Waals surface area contributed by atoms with Crippen LogP contribution in [0.25, 0.3) is 0 Å². The van der Waals surface area contributed by atoms with Crippen LogP contribution < -0.4 is 10.2 Å². The Morgan fingerprint density at radius 3 is 2.48 bits per heavy atom. The summed E-state index contributed by atoms with van der Waals surface area (Å²) in [6.07, 6.45) is 1.91. The number of aromatic nitrogens is 1. The second-order valence-electron chi connectivity index (χ2n) is 7.15. The summed E-state index contributed by atoms with van der Waals surface area (Å²) in [4.78, 5) is 25.9. The van der Waals surface area contributed by atoms with Gasteiger partial charge in [0.15, 0.2) is 5.13 Å². The average Bonchev–Trinajstić information content (AvgIpc) is 3.37. The first-order valence-electron chi connectivity index (χ1n) is 9.98. The highest BCUT2D eigenvalue weighted by Crippen LogP contribution is 2.29. The molecule has 0 spiro atoms. The van der Waals surface area contributed by atoms with Crippen molar-refractivity contribution < 1.29 is 4.79 Å². The van der Waals surface area contributed by atoms with E-state index >= 15 is 0 Å². The molecule has 31 heavy (non-hydrogen) atoms. The lowest BCUT2D eigenvalue weighted by Crippen LogP contribution is -2.33. The summed E-state index contributed by atoms with van der Waals surface area (Å²) in [5.41, 5.74) is 2.85. The third-order valence-corrected chi connectivity index (χ3v) is 6.18. The van der Waals surface area contributed by atoms with Crippen LogP contribution in [0, 0.1) is 18.4 Å². The van der Waals surface area contributed by atoms with E-state index in [1.807, 2.05) is 66.5 Å². The van der Waals surface area contributed by atoms with E-state index in [-0.39, 0.29) is 5.91 Å². The van der Waals surface area contributed by atoms with Crippen molar-refractivity contribution in [1.29, 1.82) is 5.26 Å². The van der Waals surface area contributed by atoms with E-state index in [0.29, 0.717) is 41.3 Å². The first kappa shape index (κ1) is 20.6. The number of nitrogens with zero attached hydrogens (tertiary/aromatic N) is 5. The van der Waals surface area contributed by atoms with Gasteiger partial charge in [-0.15, -0.1) is 4.99 Å². The highest BCUT2D eigenvalue weighted by molar-refractivity contribution is 7.17. The number of thiazole rings is 1. The number of hydrogen-bond acceptors (Lipinski definition) is 5. The minimum atomic E-state index is -0.149. The molecule has 1 aromatic heterocycles. The highest BCUT2D eigenvalue weighted by atomic mass is 32.1. The average molecular weight is 431 g/mol. The van der Waals surface area contributed by atoms with Crippen LogP contribution in [0.2, 0.25) is 0 Å². The van der Waals surface area contributed by atoms with Crippen LogP contribution in [-0.4, -0.2) is 34.8 Å². The molecule has 0 radical (unpaired) electrons. The second kappa shape index (κ2) is 9.41. The van der Waals surface area contributed by atoms with E-state index in [0.717, 1.165) is 17.7 Å². The molecule has 0 unspecified atom stereocenters. The molecule has 156 valence electrons. The van der Waals surface area contributed by atoms with Crippen LogP contribution in [0.1, 0.15) is 26.5 Å². The fraction of sp³-hybridized carbons (Fsp3) is 0.217. The zero-order chi connectivity index (χ0) is 21.6. The molecule has 2 heterocycles. The summed E-state index contributed by atoms with van der Waals surface area (Å²) < 4.78 is 0. The number of carbonyl (C=O) groups is 1. The molecular weight excluding hydrogens is 408 g/mol. The molecule has 0 aliphatic carbocycles. The summed E-state index contributed by atoms with van der Waals surface area (Å²) in [6, 6.07) is 19.9. The Bertz CT molecular complexity index is 1120. The summed E-state index contributed by atoms with van der Waals surface area (Å²) in [6.45, 7) is 4.33. The van der Waals surface area contributed by atoms with Crippen LogP contribution in [0.3, 0.4) is 0 Å². The number of rotatable bonds is 6. The number of benzene rings is 2. The molecule has 2 aromatic carbocycles. The number of aryl methyl sites for hydroxylation is 1. The lowest BCUT2D eigenvalue weighted by Gasteiger charge is -2.20. The van der Waals surface area contributed by atoms with Gasteiger partial charge in [0.05, 0.1) is 5.69 Å². The summed E-state index contributed by atoms with van der Waals surface area (Å²) in [7, 11) is 0. The Hall–Kier alpha value is -3.70. The Morgan fingerprint density at radius 1 is 1.13 bits per heavy atom. The van der Waals surface area contributed by atoms with E-state index in [1.165, 1.54) is 11.3 Å². The molecule has 0 bridgehead atoms. The van der Waals surface area contributed by atoms with Gasteiger partial charge in [-0.25, -0.2) is 4.98 Å². The maximum absolute atomic E-state index is 12.7. The normalized spacial score (nSPS) is 14.6. The zero-order valence-electron chi connectivity index (χ0n) is 17.2. The monoisotopic (exact) mass is 430 g/mol. The topological polar surface area (TPSA) is 84.6 Å². The van der Waals surface area contributed by atoms with E-state index in [4.69, 9.17) is 0 Å². The zero-order valence-corrected chi connectivity index (χ0v) is 18.0. The van der Waals surface area contributed by atoms with Crippen molar-refractivity contribution in [2.75, 3.05) is 18.0 Å². The molecule has 7 nitrogen and oxygen atoms in total. The van der Waals surface area contributed by atoms with Crippen LogP contribution in [-0.2, 0) is 13.1 Å². The fourth-order valence-electron chi connectivity index (χ4n) is 3.47. The summed E-state index contributed by atoms with van der Waals surface area (Å²) >= 11 is 1.32. The number of hydrogen-bond donors (Lipinski definition) is 1. The quantitative estimate of drug-likeness (QED) is 0.605. The molecule has 1 aliphatic heterocycles. The number of nitrogens with one attached hydrogen (secondary N) is 1. The standard InChI is InChI=1S/C23H22N6OS/c1-17-20(21(30)25-14-18-8-4-2-5-9-18)31-23(27-17)29-13-12-28(22(29)26-16-24)15-19-10-6-3-7-11-19/h2-11H,12-15H2,1H3,(H,25,30)/b26-22+. The predicted molar refractivity (Wildman–Crippen MR) is 122 cm³/mol. The summed E-state index contributed by atoms with van der Waals surface area (Å²) in [5, 5.41) is 12.9. The minimum Gasteiger partial charge on any atom is -0.347 e. The molecule has 1 aliphatic rings. The number of nitriles is 1. The molecule has 1 fully saturated rings. The molecule has 8 heteroatoms. The maximum Gasteiger partial charge on any atom is 0.263 e. The number of guanidine groups is 1. The van der Waals surface area contributed by atoms with Crippen LogP contribution >= 0.6 is 11.3 Å². The molecular formula is C23H22N6OS. The Kier molecular flexibility index (Phi) is 6.24. The van der Waals surface area contributed by atoms with E-state index in [9.17, 15) is 10.1 Å². The molecule has 4 rings (SSSR count). The van der Waals surface area contributed by atoms with E-state index < -0.39 is 0 Å². The lowest BCUT2D eigenvalue weighted by molar-refractivity contribution is 0.0954. The second-order valence-corrected chi connectivity index (χ2v) is 8.13. The summed E-state index contributed by atoms with van der Waals surface area (Å²) in [5.74, 6) is 0.417. The molecule has 3 aromatic rings. The van der Waals surface area contributed by atoms with Crippen molar-refractivity contribution in [2.24, 2.45) is 4.99 Å². The first-order valence-corrected chi connectivity index (χ1v) is 10.8. The first-order chi connectivity index (χ1) is 15.2. The highest BCUT2D eigenvalue weighted by Gasteiger charge is 2.31. The van der Waals surface area contributed by atoms with Gasteiger partial charge in [0.2, 0.25) is 12.2 Å². The van der Waals surface area contributed by atoms with Gasteiger partial charge in [-0.1, -0.05) is 72.0 Å². The SMILES string of the molecule is Cc1nc(N2CCN(Cc3ccccc3)/C2=N\C#N)sc1C(=O)NCc1ccccc1. The van der Waals surface area contributed by atoms with Gasteiger partial charge in [0, 0.05) is 26.2 Å². The van der Waals surface area contributed by atoms with Crippen molar-refractivity contribution in [3.8, 4) is 6.19 Å². The number of carbonyl (C=O) groups excluding carboxylic acids is 1. The Labute approximate surface area is 185 Å². The number of amides is 1. The predicted octanol–water partition coefficient (Wildman–Crippen LogP) is 3.54. The van der Waals surface area contributed by atoms with Crippen LogP contribution in [0.5, 0.6) is 0 Å². The van der Waals surface area contributed by atoms with Gasteiger partial charge >= 0.3 is 0 Å². The maximum atomic E-state index is 12.7. The molecule has 1 N–H and O–H groups in total. The van der Waals surface area contributed by atoms with Gasteiger partial charge in [-0.05, 0) is 18.1 Å². The van der Waals surface area contributed by atoms with Gasteiger partial charge in [0.1, 0.15) is 4.88 Å². The van der Waals surface area contributed by atoms with Crippen LogP contribution in [0.15, 0.2) is 65.7 Å². The van der Waals surface area contributed by atoms with Gasteiger partial charge < -0.3 is 10.2 Å². The van der Waals surface area contributed by atoms with E-state index in [1.54, 1.807) is 0 Å². The molecule has 0 atom stereocenters. The van der Waals surface area contributed by atoms with Gasteiger partial charge in [-0.2, -0.15) is 5.26 Å². The van der Waals surface area contributed by atoms with Crippen molar-refractivity contribution in [1.82, 2.24) is 15.2 Å². The lowest BCUT2D eigenvalue weighted by atomic mass is 10.2. The van der Waals surface area contributed by atoms with E-state index in [2.05, 4.69) is 32.3 Å². The number of aliphatic imine (C=N–C) groups is 1. The van der Waals surface area contributed by atoms with Crippen molar-refractivity contribution in [3.05, 3.63) is 82.4 Å². The van der Waals surface area contributed by atoms with Gasteiger partial charge in [-0.3, -0.25) is 9.69 Å². The number of anilines is 1. The third-order valence-electron chi connectivity index (χ3n) is 5.00. The molecule has 1 saturated heterocycles. The van der Waals surface area contributed by atoms with Crippen LogP contribution in [0.4, 0.5) is 5.13 Å². The van der Waals surface area contributed by atoms with Crippen molar-refractivity contribution in [3.63, 3.8) is 0 Å².